The number of primary amides is 1. The molecule has 4 N–H and O–H groups in total. The molecule has 0 aliphatic heterocycles. The van der Waals surface area contributed by atoms with Gasteiger partial charge >= 0.3 is 5.97 Å². The van der Waals surface area contributed by atoms with E-state index in [1.165, 1.54) is 6.08 Å². The maximum Gasteiger partial charge on any atom is 0.328 e. The fourth-order valence-electron chi connectivity index (χ4n) is 1.84. The SMILES string of the molecule is NC(=O)CNc1cccc(-c2cccc(C=CC(=O)O)c2)n1. The minimum Gasteiger partial charge on any atom is -0.478 e. The number of pyridine rings is 1. The average molecular weight is 297 g/mol. The van der Waals surface area contributed by atoms with Crippen molar-refractivity contribution in [2.75, 3.05) is 11.9 Å². The van der Waals surface area contributed by atoms with Crippen molar-refractivity contribution in [2.45, 2.75) is 0 Å². The van der Waals surface area contributed by atoms with E-state index in [0.29, 0.717) is 11.5 Å². The van der Waals surface area contributed by atoms with Gasteiger partial charge in [-0.15, -0.1) is 0 Å². The van der Waals surface area contributed by atoms with E-state index in [4.69, 9.17) is 10.8 Å². The van der Waals surface area contributed by atoms with Crippen LogP contribution in [0.1, 0.15) is 5.56 Å². The lowest BCUT2D eigenvalue weighted by molar-refractivity contribution is -0.131. The number of aromatic nitrogens is 1. The highest BCUT2D eigenvalue weighted by Crippen LogP contribution is 2.20. The predicted molar refractivity (Wildman–Crippen MR) is 84.0 cm³/mol. The summed E-state index contributed by atoms with van der Waals surface area (Å²) < 4.78 is 0. The Bertz CT molecular complexity index is 726. The van der Waals surface area contributed by atoms with E-state index in [1.54, 1.807) is 12.1 Å². The van der Waals surface area contributed by atoms with Crippen LogP contribution in [-0.4, -0.2) is 28.5 Å². The van der Waals surface area contributed by atoms with E-state index in [2.05, 4.69) is 10.3 Å². The van der Waals surface area contributed by atoms with Gasteiger partial charge in [0, 0.05) is 11.6 Å². The van der Waals surface area contributed by atoms with Gasteiger partial charge in [-0.25, -0.2) is 9.78 Å². The van der Waals surface area contributed by atoms with E-state index in [9.17, 15) is 9.59 Å². The number of nitrogens with two attached hydrogens (primary N) is 1. The zero-order valence-electron chi connectivity index (χ0n) is 11.7. The summed E-state index contributed by atoms with van der Waals surface area (Å²) in [6, 6.07) is 12.7. The molecule has 1 amide bonds. The number of hydrogen-bond donors (Lipinski definition) is 3. The Kier molecular flexibility index (Phi) is 4.87. The van der Waals surface area contributed by atoms with Crippen LogP contribution in [0.2, 0.25) is 0 Å². The highest BCUT2D eigenvalue weighted by atomic mass is 16.4. The molecule has 22 heavy (non-hydrogen) atoms. The van der Waals surface area contributed by atoms with Crippen molar-refractivity contribution in [3.63, 3.8) is 0 Å². The van der Waals surface area contributed by atoms with Crippen LogP contribution in [0.25, 0.3) is 17.3 Å². The molecule has 0 bridgehead atoms. The van der Waals surface area contributed by atoms with Crippen molar-refractivity contribution < 1.29 is 14.7 Å². The summed E-state index contributed by atoms with van der Waals surface area (Å²) in [5, 5.41) is 11.5. The fraction of sp³-hybridized carbons (Fsp3) is 0.0625. The van der Waals surface area contributed by atoms with E-state index in [1.807, 2.05) is 30.3 Å². The number of carboxylic acids is 1. The van der Waals surface area contributed by atoms with Gasteiger partial charge in [0.2, 0.25) is 5.91 Å². The average Bonchev–Trinajstić information content (AvgIpc) is 2.51. The van der Waals surface area contributed by atoms with Gasteiger partial charge in [0.15, 0.2) is 0 Å². The highest BCUT2D eigenvalue weighted by molar-refractivity contribution is 5.85. The normalized spacial score (nSPS) is 10.5. The van der Waals surface area contributed by atoms with Gasteiger partial charge in [-0.3, -0.25) is 4.79 Å². The first-order valence-electron chi connectivity index (χ1n) is 6.55. The lowest BCUT2D eigenvalue weighted by Crippen LogP contribution is -2.22. The van der Waals surface area contributed by atoms with E-state index < -0.39 is 11.9 Å². The number of aliphatic carboxylic acids is 1. The first-order valence-corrected chi connectivity index (χ1v) is 6.55. The Labute approximate surface area is 127 Å². The Hall–Kier alpha value is -3.15. The van der Waals surface area contributed by atoms with Crippen molar-refractivity contribution in [1.29, 1.82) is 0 Å². The molecule has 1 heterocycles. The van der Waals surface area contributed by atoms with Crippen LogP contribution in [0.3, 0.4) is 0 Å². The zero-order valence-corrected chi connectivity index (χ0v) is 11.7. The largest absolute Gasteiger partial charge is 0.478 e. The molecule has 0 saturated heterocycles. The second kappa shape index (κ2) is 7.03. The molecule has 0 radical (unpaired) electrons. The molecule has 0 saturated carbocycles. The summed E-state index contributed by atoms with van der Waals surface area (Å²) in [7, 11) is 0. The Balaban J connectivity index is 2.24. The summed E-state index contributed by atoms with van der Waals surface area (Å²) in [6.07, 6.45) is 2.60. The first-order chi connectivity index (χ1) is 10.5. The summed E-state index contributed by atoms with van der Waals surface area (Å²) in [5.41, 5.74) is 7.39. The minimum atomic E-state index is -0.999. The van der Waals surface area contributed by atoms with E-state index >= 15 is 0 Å². The first kappa shape index (κ1) is 15.2. The quantitative estimate of drug-likeness (QED) is 0.704. The number of rotatable bonds is 6. The van der Waals surface area contributed by atoms with E-state index in [0.717, 1.165) is 17.2 Å². The molecule has 6 nitrogen and oxygen atoms in total. The zero-order chi connectivity index (χ0) is 15.9. The van der Waals surface area contributed by atoms with Crippen molar-refractivity contribution >= 4 is 23.8 Å². The Morgan fingerprint density at radius 2 is 2.00 bits per heavy atom. The molecule has 0 aliphatic carbocycles. The van der Waals surface area contributed by atoms with Gasteiger partial charge in [-0.1, -0.05) is 24.3 Å². The summed E-state index contributed by atoms with van der Waals surface area (Å²) >= 11 is 0. The lowest BCUT2D eigenvalue weighted by atomic mass is 10.1. The van der Waals surface area contributed by atoms with Gasteiger partial charge in [-0.05, 0) is 29.8 Å². The van der Waals surface area contributed by atoms with Crippen LogP contribution in [0.15, 0.2) is 48.5 Å². The Morgan fingerprint density at radius 1 is 1.23 bits per heavy atom. The predicted octanol–water partition coefficient (Wildman–Crippen LogP) is 1.74. The molecule has 112 valence electrons. The Morgan fingerprint density at radius 3 is 2.73 bits per heavy atom. The highest BCUT2D eigenvalue weighted by Gasteiger charge is 2.02. The number of hydrogen-bond acceptors (Lipinski definition) is 4. The van der Waals surface area contributed by atoms with Gasteiger partial charge in [0.25, 0.3) is 0 Å². The number of nitrogens with zero attached hydrogens (tertiary/aromatic N) is 1. The molecule has 0 unspecified atom stereocenters. The minimum absolute atomic E-state index is 0.0117. The number of benzene rings is 1. The monoisotopic (exact) mass is 297 g/mol. The van der Waals surface area contributed by atoms with Crippen molar-refractivity contribution in [1.82, 2.24) is 4.98 Å². The van der Waals surface area contributed by atoms with Crippen molar-refractivity contribution in [2.24, 2.45) is 5.73 Å². The third kappa shape index (κ3) is 4.45. The molecule has 0 aliphatic rings. The number of amides is 1. The molecule has 2 aromatic rings. The number of carboxylic acid groups (broad SMARTS) is 1. The number of nitrogens with one attached hydrogen (secondary N) is 1. The summed E-state index contributed by atoms with van der Waals surface area (Å²) in [5.74, 6) is -0.919. The van der Waals surface area contributed by atoms with Crippen LogP contribution in [0, 0.1) is 0 Å². The van der Waals surface area contributed by atoms with Gasteiger partial charge in [-0.2, -0.15) is 0 Å². The molecule has 2 rings (SSSR count). The smallest absolute Gasteiger partial charge is 0.328 e. The fourth-order valence-corrected chi connectivity index (χ4v) is 1.84. The van der Waals surface area contributed by atoms with Gasteiger partial charge < -0.3 is 16.2 Å². The second-order valence-electron chi connectivity index (χ2n) is 4.52. The maximum atomic E-state index is 10.8. The standard InChI is InChI=1S/C16H15N3O3/c17-14(20)10-18-15-6-2-5-13(19-15)12-4-1-3-11(9-12)7-8-16(21)22/h1-9H,10H2,(H2,17,20)(H,18,19)(H,21,22). The summed E-state index contributed by atoms with van der Waals surface area (Å²) in [6.45, 7) is 0.0117. The molecule has 6 heteroatoms. The molecule has 0 atom stereocenters. The van der Waals surface area contributed by atoms with Crippen molar-refractivity contribution in [3.8, 4) is 11.3 Å². The van der Waals surface area contributed by atoms with Crippen LogP contribution in [0.5, 0.6) is 0 Å². The lowest BCUT2D eigenvalue weighted by Gasteiger charge is -2.06. The van der Waals surface area contributed by atoms with Crippen LogP contribution in [-0.2, 0) is 9.59 Å². The van der Waals surface area contributed by atoms with Crippen LogP contribution >= 0.6 is 0 Å². The second-order valence-corrected chi connectivity index (χ2v) is 4.52. The van der Waals surface area contributed by atoms with Gasteiger partial charge in [0.1, 0.15) is 5.82 Å². The van der Waals surface area contributed by atoms with Gasteiger partial charge in [0.05, 0.1) is 12.2 Å². The summed E-state index contributed by atoms with van der Waals surface area (Å²) in [4.78, 5) is 25.7. The number of carbonyl (C=O) groups excluding carboxylic acids is 1. The molecular weight excluding hydrogens is 282 g/mol. The van der Waals surface area contributed by atoms with Crippen LogP contribution < -0.4 is 11.1 Å². The maximum absolute atomic E-state index is 10.8. The van der Waals surface area contributed by atoms with E-state index in [-0.39, 0.29) is 6.54 Å². The molecule has 1 aromatic carbocycles. The molecular formula is C16H15N3O3. The molecule has 1 aromatic heterocycles. The topological polar surface area (TPSA) is 105 Å². The third-order valence-corrected chi connectivity index (χ3v) is 2.79. The van der Waals surface area contributed by atoms with Crippen molar-refractivity contribution in [3.05, 3.63) is 54.1 Å². The third-order valence-electron chi connectivity index (χ3n) is 2.79. The molecule has 0 spiro atoms. The number of carbonyl (C=O) groups is 2. The number of anilines is 1. The molecule has 0 fully saturated rings. The van der Waals surface area contributed by atoms with Crippen LogP contribution in [0.4, 0.5) is 5.82 Å².